The van der Waals surface area contributed by atoms with E-state index in [0.29, 0.717) is 35.5 Å². The fourth-order valence-electron chi connectivity index (χ4n) is 6.67. The Morgan fingerprint density at radius 1 is 0.407 bits per heavy atom. The first-order valence-corrected chi connectivity index (χ1v) is 21.7. The molecule has 2 heterocycles. The van der Waals surface area contributed by atoms with Gasteiger partial charge in [0.1, 0.15) is 11.5 Å². The molecule has 4 aromatic carbocycles. The summed E-state index contributed by atoms with van der Waals surface area (Å²) in [4.78, 5) is 26.3. The Labute approximate surface area is 398 Å². The molecule has 0 spiro atoms. The normalized spacial score (nSPS) is 13.8. The van der Waals surface area contributed by atoms with E-state index < -0.39 is 20.6 Å². The van der Waals surface area contributed by atoms with Gasteiger partial charge in [-0.2, -0.15) is 0 Å². The molecular formula is C39H24Cl12N6O2. The average molecular weight is 1030 g/mol. The SMILES string of the molecule is ClC(Cl)(Cl)c1nc(-c2ccc3c(c2)C(CCOc2ccccc2)(CCOc2ccccc2)c2cc(-c4nc(C(Cl)(Cl)Cl)nc(C(Cl)(Cl)Cl)n4)ccc2-3)nc(C(Cl)(Cl)Cl)n1. The number of para-hydroxylation sites is 2. The summed E-state index contributed by atoms with van der Waals surface area (Å²) in [6, 6.07) is 30.4. The molecule has 0 radical (unpaired) electrons. The van der Waals surface area contributed by atoms with E-state index in [0.717, 1.165) is 22.3 Å². The maximum atomic E-state index is 6.35. The van der Waals surface area contributed by atoms with Gasteiger partial charge in [0.25, 0.3) is 0 Å². The predicted molar refractivity (Wildman–Crippen MR) is 240 cm³/mol. The average Bonchev–Trinajstić information content (AvgIpc) is 3.45. The van der Waals surface area contributed by atoms with Gasteiger partial charge in [-0.3, -0.25) is 0 Å². The molecule has 7 rings (SSSR count). The highest BCUT2D eigenvalue weighted by Crippen LogP contribution is 2.55. The molecular weight excluding hydrogens is 1010 g/mol. The van der Waals surface area contributed by atoms with Crippen molar-refractivity contribution in [3.05, 3.63) is 131 Å². The molecule has 0 atom stereocenters. The minimum absolute atomic E-state index is 0.0979. The van der Waals surface area contributed by atoms with Crippen molar-refractivity contribution in [1.29, 1.82) is 0 Å². The molecule has 1 aliphatic carbocycles. The Hall–Kier alpha value is -2.02. The lowest BCUT2D eigenvalue weighted by Gasteiger charge is -2.33. The molecule has 8 nitrogen and oxygen atoms in total. The molecule has 0 bridgehead atoms. The van der Waals surface area contributed by atoms with Crippen LogP contribution in [-0.2, 0) is 20.6 Å². The zero-order chi connectivity index (χ0) is 42.4. The molecule has 2 aromatic heterocycles. The van der Waals surface area contributed by atoms with Crippen molar-refractivity contribution >= 4 is 139 Å². The van der Waals surface area contributed by atoms with Crippen LogP contribution in [0.3, 0.4) is 0 Å². The number of ether oxygens (including phenoxy) is 2. The minimum Gasteiger partial charge on any atom is -0.494 e. The van der Waals surface area contributed by atoms with E-state index in [1.54, 1.807) is 0 Å². The molecule has 0 unspecified atom stereocenters. The summed E-state index contributed by atoms with van der Waals surface area (Å²) in [5, 5.41) is 0. The van der Waals surface area contributed by atoms with E-state index in [1.165, 1.54) is 0 Å². The number of hydrogen-bond donors (Lipinski definition) is 0. The van der Waals surface area contributed by atoms with Crippen molar-refractivity contribution < 1.29 is 9.47 Å². The highest BCUT2D eigenvalue weighted by Gasteiger charge is 2.44. The highest BCUT2D eigenvalue weighted by atomic mass is 35.6. The Morgan fingerprint density at radius 2 is 0.729 bits per heavy atom. The number of nitrogens with zero attached hydrogens (tertiary/aromatic N) is 6. The number of fused-ring (bicyclic) bond motifs is 3. The van der Waals surface area contributed by atoms with Gasteiger partial charge < -0.3 is 9.47 Å². The van der Waals surface area contributed by atoms with E-state index in [9.17, 15) is 0 Å². The Balaban J connectivity index is 1.43. The van der Waals surface area contributed by atoms with Crippen LogP contribution < -0.4 is 9.47 Å². The van der Waals surface area contributed by atoms with E-state index in [1.807, 2.05) is 97.1 Å². The molecule has 59 heavy (non-hydrogen) atoms. The van der Waals surface area contributed by atoms with E-state index >= 15 is 0 Å². The lowest BCUT2D eigenvalue weighted by atomic mass is 9.72. The van der Waals surface area contributed by atoms with Gasteiger partial charge in [0.05, 0.1) is 13.2 Å². The van der Waals surface area contributed by atoms with Crippen molar-refractivity contribution in [2.24, 2.45) is 0 Å². The Morgan fingerprint density at radius 3 is 1.03 bits per heavy atom. The summed E-state index contributed by atoms with van der Waals surface area (Å²) in [5.41, 5.74) is 3.74. The van der Waals surface area contributed by atoms with Crippen LogP contribution in [-0.4, -0.2) is 43.1 Å². The maximum absolute atomic E-state index is 6.35. The van der Waals surface area contributed by atoms with Crippen LogP contribution >= 0.6 is 139 Å². The van der Waals surface area contributed by atoms with Crippen LogP contribution in [0.25, 0.3) is 33.9 Å². The second kappa shape index (κ2) is 17.6. The van der Waals surface area contributed by atoms with Crippen LogP contribution in [0.2, 0.25) is 0 Å². The monoisotopic (exact) mass is 1030 g/mol. The van der Waals surface area contributed by atoms with Crippen molar-refractivity contribution in [3.63, 3.8) is 0 Å². The van der Waals surface area contributed by atoms with Crippen molar-refractivity contribution in [3.8, 4) is 45.4 Å². The van der Waals surface area contributed by atoms with Gasteiger partial charge in [-0.15, -0.1) is 0 Å². The molecule has 0 saturated carbocycles. The van der Waals surface area contributed by atoms with Crippen LogP contribution in [0, 0.1) is 0 Å². The van der Waals surface area contributed by atoms with E-state index in [2.05, 4.69) is 29.9 Å². The van der Waals surface area contributed by atoms with E-state index in [4.69, 9.17) is 149 Å². The number of benzene rings is 4. The first kappa shape index (κ1) is 45.0. The van der Waals surface area contributed by atoms with Gasteiger partial charge in [0.15, 0.2) is 34.9 Å². The first-order valence-electron chi connectivity index (χ1n) is 17.2. The molecule has 306 valence electrons. The van der Waals surface area contributed by atoms with Gasteiger partial charge in [-0.05, 0) is 71.5 Å². The van der Waals surface area contributed by atoms with Crippen LogP contribution in [0.15, 0.2) is 97.1 Å². The van der Waals surface area contributed by atoms with Gasteiger partial charge in [-0.25, -0.2) is 29.9 Å². The zero-order valence-corrected chi connectivity index (χ0v) is 38.7. The third-order valence-electron chi connectivity index (χ3n) is 9.24. The van der Waals surface area contributed by atoms with Crippen LogP contribution in [0.4, 0.5) is 0 Å². The van der Waals surface area contributed by atoms with Gasteiger partial charge >= 0.3 is 0 Å². The summed E-state index contributed by atoms with van der Waals surface area (Å²) in [7, 11) is 0. The first-order chi connectivity index (χ1) is 27.7. The molecule has 0 N–H and O–H groups in total. The van der Waals surface area contributed by atoms with Gasteiger partial charge in [0, 0.05) is 16.5 Å². The Kier molecular flexibility index (Phi) is 13.4. The zero-order valence-electron chi connectivity index (χ0n) is 29.6. The summed E-state index contributed by atoms with van der Waals surface area (Å²) in [6.07, 6.45) is 0.887. The van der Waals surface area contributed by atoms with Crippen molar-refractivity contribution in [2.75, 3.05) is 13.2 Å². The molecule has 1 aliphatic rings. The maximum Gasteiger partial charge on any atom is 0.250 e. The third-order valence-corrected chi connectivity index (χ3v) is 11.3. The predicted octanol–water partition coefficient (Wildman–Crippen LogP) is 13.9. The van der Waals surface area contributed by atoms with Crippen LogP contribution in [0.1, 0.15) is 47.3 Å². The fourth-order valence-corrected chi connectivity index (χ4v) is 7.69. The summed E-state index contributed by atoms with van der Waals surface area (Å²) in [6.45, 7) is 0.563. The molecule has 0 saturated heterocycles. The summed E-state index contributed by atoms with van der Waals surface area (Å²) >= 11 is 75.0. The van der Waals surface area contributed by atoms with Crippen LogP contribution in [0.5, 0.6) is 11.5 Å². The number of halogens is 12. The molecule has 0 aliphatic heterocycles. The van der Waals surface area contributed by atoms with E-state index in [-0.39, 0.29) is 48.2 Å². The lowest BCUT2D eigenvalue weighted by molar-refractivity contribution is 0.233. The van der Waals surface area contributed by atoms with Gasteiger partial charge in [-0.1, -0.05) is 200 Å². The number of aromatic nitrogens is 6. The largest absolute Gasteiger partial charge is 0.494 e. The standard InChI is InChI=1S/C39H24Cl12N6O2/c40-36(41,42)31-52-29(53-32(56-31)37(43,44)45)21-11-13-25-26-14-12-22(30-54-33(38(46,47)48)57-34(55-30)39(49,50)51)20-28(26)35(27(25)19-21,15-17-58-23-7-3-1-4-8-23)16-18-59-24-9-5-2-6-10-24/h1-14,19-20H,15-18H2. The third kappa shape index (κ3) is 10.3. The molecule has 0 fully saturated rings. The Bertz CT molecular complexity index is 2240. The molecule has 6 aromatic rings. The van der Waals surface area contributed by atoms with Crippen molar-refractivity contribution in [1.82, 2.24) is 29.9 Å². The van der Waals surface area contributed by atoms with Crippen molar-refractivity contribution in [2.45, 2.75) is 33.4 Å². The highest BCUT2D eigenvalue weighted by molar-refractivity contribution is 6.68. The topological polar surface area (TPSA) is 95.8 Å². The summed E-state index contributed by atoms with van der Waals surface area (Å²) in [5.74, 6) is 0.640. The van der Waals surface area contributed by atoms with Gasteiger partial charge in [0.2, 0.25) is 15.2 Å². The number of rotatable bonds is 10. The number of hydrogen-bond acceptors (Lipinski definition) is 8. The quantitative estimate of drug-likeness (QED) is 0.125. The second-order valence-electron chi connectivity index (χ2n) is 13.0. The number of alkyl halides is 12. The summed E-state index contributed by atoms with van der Waals surface area (Å²) < 4.78 is 4.42. The molecule has 0 amide bonds. The molecule has 20 heteroatoms. The second-order valence-corrected chi connectivity index (χ2v) is 22.2. The minimum atomic E-state index is -2.07. The fraction of sp³-hybridized carbons (Fsp3) is 0.231. The smallest absolute Gasteiger partial charge is 0.250 e. The lowest BCUT2D eigenvalue weighted by Crippen LogP contribution is -2.30.